The monoisotopic (exact) mass is 293 g/mol. The molecule has 5 heteroatoms. The molecule has 4 nitrogen and oxygen atoms in total. The van der Waals surface area contributed by atoms with Gasteiger partial charge in [0, 0.05) is 24.5 Å². The van der Waals surface area contributed by atoms with Gasteiger partial charge in [0.1, 0.15) is 5.69 Å². The molecule has 2 heterocycles. The number of nitrogens with zero attached hydrogens (tertiary/aromatic N) is 3. The molecule has 0 bridgehead atoms. The van der Waals surface area contributed by atoms with Crippen LogP contribution in [-0.4, -0.2) is 20.5 Å². The fourth-order valence-electron chi connectivity index (χ4n) is 1.60. The number of ketones is 1. The second kappa shape index (κ2) is 5.23. The van der Waals surface area contributed by atoms with Crippen molar-refractivity contribution in [1.29, 1.82) is 0 Å². The molecule has 0 saturated heterocycles. The van der Waals surface area contributed by atoms with Crippen LogP contribution in [0.1, 0.15) is 29.4 Å². The smallest absolute Gasteiger partial charge is 0.213 e. The van der Waals surface area contributed by atoms with Crippen LogP contribution in [0.5, 0.6) is 0 Å². The fraction of sp³-hybridized carbons (Fsp3) is 0.250. The van der Waals surface area contributed by atoms with Crippen molar-refractivity contribution in [2.75, 3.05) is 0 Å². The molecule has 0 atom stereocenters. The largest absolute Gasteiger partial charge is 0.287 e. The first-order valence-corrected chi connectivity index (χ1v) is 6.19. The molecule has 0 aliphatic rings. The zero-order chi connectivity index (χ0) is 12.3. The van der Waals surface area contributed by atoms with Gasteiger partial charge in [-0.2, -0.15) is 5.10 Å². The van der Waals surface area contributed by atoms with Crippen LogP contribution in [0.3, 0.4) is 0 Å². The highest BCUT2D eigenvalue weighted by molar-refractivity contribution is 9.10. The summed E-state index contributed by atoms with van der Waals surface area (Å²) >= 11 is 3.36. The van der Waals surface area contributed by atoms with Crippen molar-refractivity contribution in [2.24, 2.45) is 0 Å². The lowest BCUT2D eigenvalue weighted by molar-refractivity contribution is 0.102. The van der Waals surface area contributed by atoms with Crippen molar-refractivity contribution < 1.29 is 4.79 Å². The molecule has 0 fully saturated rings. The third kappa shape index (κ3) is 2.44. The summed E-state index contributed by atoms with van der Waals surface area (Å²) in [5.74, 6) is -0.0593. The van der Waals surface area contributed by atoms with Crippen LogP contribution in [0, 0.1) is 0 Å². The topological polar surface area (TPSA) is 47.8 Å². The molecule has 0 radical (unpaired) electrons. The van der Waals surface area contributed by atoms with E-state index in [4.69, 9.17) is 0 Å². The minimum atomic E-state index is -0.0593. The van der Waals surface area contributed by atoms with E-state index in [1.807, 2.05) is 6.92 Å². The summed E-state index contributed by atoms with van der Waals surface area (Å²) in [7, 11) is 0. The number of carbonyl (C=O) groups is 1. The predicted octanol–water partition coefficient (Wildman–Crippen LogP) is 2.68. The standard InChI is InChI=1S/C12H12BrN3O/c1-2-6-16-11(10(13)8-15-16)12(17)9-4-3-5-14-7-9/h3-5,7-8H,2,6H2,1H3. The van der Waals surface area contributed by atoms with Gasteiger partial charge in [0.05, 0.1) is 10.7 Å². The summed E-state index contributed by atoms with van der Waals surface area (Å²) in [5, 5.41) is 4.18. The van der Waals surface area contributed by atoms with E-state index in [0.717, 1.165) is 17.4 Å². The van der Waals surface area contributed by atoms with Gasteiger partial charge in [-0.25, -0.2) is 0 Å². The molecule has 0 aliphatic carbocycles. The Kier molecular flexibility index (Phi) is 3.68. The van der Waals surface area contributed by atoms with E-state index in [0.29, 0.717) is 11.3 Å². The Bertz CT molecular complexity index is 522. The highest BCUT2D eigenvalue weighted by Gasteiger charge is 2.18. The maximum absolute atomic E-state index is 12.3. The molecule has 0 aromatic carbocycles. The van der Waals surface area contributed by atoms with Crippen LogP contribution in [0.2, 0.25) is 0 Å². The van der Waals surface area contributed by atoms with Crippen LogP contribution in [-0.2, 0) is 6.54 Å². The molecule has 2 aromatic heterocycles. The average molecular weight is 294 g/mol. The van der Waals surface area contributed by atoms with E-state index in [9.17, 15) is 4.79 Å². The summed E-state index contributed by atoms with van der Waals surface area (Å²) in [4.78, 5) is 16.2. The first-order chi connectivity index (χ1) is 8.24. The third-order valence-electron chi connectivity index (χ3n) is 2.37. The van der Waals surface area contributed by atoms with Crippen LogP contribution >= 0.6 is 15.9 Å². The van der Waals surface area contributed by atoms with Gasteiger partial charge in [-0.05, 0) is 34.5 Å². The van der Waals surface area contributed by atoms with E-state index in [1.54, 1.807) is 35.4 Å². The zero-order valence-electron chi connectivity index (χ0n) is 9.43. The van der Waals surface area contributed by atoms with Gasteiger partial charge in [-0.15, -0.1) is 0 Å². The van der Waals surface area contributed by atoms with Gasteiger partial charge < -0.3 is 0 Å². The van der Waals surface area contributed by atoms with Crippen molar-refractivity contribution in [3.63, 3.8) is 0 Å². The Hall–Kier alpha value is -1.49. The van der Waals surface area contributed by atoms with Gasteiger partial charge in [0.15, 0.2) is 0 Å². The molecule has 0 saturated carbocycles. The number of aromatic nitrogens is 3. The van der Waals surface area contributed by atoms with Crippen LogP contribution in [0.4, 0.5) is 0 Å². The normalized spacial score (nSPS) is 10.5. The molecule has 17 heavy (non-hydrogen) atoms. The molecular formula is C12H12BrN3O. The van der Waals surface area contributed by atoms with Gasteiger partial charge in [0.25, 0.3) is 0 Å². The number of pyridine rings is 1. The lowest BCUT2D eigenvalue weighted by Crippen LogP contribution is -2.12. The highest BCUT2D eigenvalue weighted by Crippen LogP contribution is 2.19. The maximum Gasteiger partial charge on any atom is 0.213 e. The first kappa shape index (κ1) is 12.0. The second-order valence-corrected chi connectivity index (χ2v) is 4.49. The van der Waals surface area contributed by atoms with E-state index in [2.05, 4.69) is 26.0 Å². The molecule has 88 valence electrons. The summed E-state index contributed by atoms with van der Waals surface area (Å²) in [6, 6.07) is 3.51. The third-order valence-corrected chi connectivity index (χ3v) is 2.95. The van der Waals surface area contributed by atoms with Crippen molar-refractivity contribution in [3.8, 4) is 0 Å². The SMILES string of the molecule is CCCn1ncc(Br)c1C(=O)c1cccnc1. The summed E-state index contributed by atoms with van der Waals surface area (Å²) < 4.78 is 2.44. The second-order valence-electron chi connectivity index (χ2n) is 3.64. The summed E-state index contributed by atoms with van der Waals surface area (Å²) in [6.45, 7) is 2.78. The Labute approximate surface area is 108 Å². The van der Waals surface area contributed by atoms with Crippen molar-refractivity contribution in [1.82, 2.24) is 14.8 Å². The van der Waals surface area contributed by atoms with Crippen molar-refractivity contribution in [3.05, 3.63) is 46.5 Å². The van der Waals surface area contributed by atoms with Crippen LogP contribution < -0.4 is 0 Å². The van der Waals surface area contributed by atoms with Crippen LogP contribution in [0.15, 0.2) is 35.2 Å². The Morgan fingerprint density at radius 2 is 2.29 bits per heavy atom. The average Bonchev–Trinajstić information content (AvgIpc) is 2.71. The van der Waals surface area contributed by atoms with Crippen molar-refractivity contribution >= 4 is 21.7 Å². The Morgan fingerprint density at radius 1 is 1.47 bits per heavy atom. The number of hydrogen-bond donors (Lipinski definition) is 0. The summed E-state index contributed by atoms with van der Waals surface area (Å²) in [6.07, 6.45) is 5.80. The minimum Gasteiger partial charge on any atom is -0.287 e. The number of rotatable bonds is 4. The molecule has 0 spiro atoms. The Balaban J connectivity index is 2.40. The van der Waals surface area contributed by atoms with Gasteiger partial charge in [0.2, 0.25) is 5.78 Å². The number of hydrogen-bond acceptors (Lipinski definition) is 3. The lowest BCUT2D eigenvalue weighted by atomic mass is 10.1. The molecule has 2 rings (SSSR count). The molecule has 2 aromatic rings. The number of carbonyl (C=O) groups excluding carboxylic acids is 1. The number of aryl methyl sites for hydroxylation is 1. The molecular weight excluding hydrogens is 282 g/mol. The highest BCUT2D eigenvalue weighted by atomic mass is 79.9. The predicted molar refractivity (Wildman–Crippen MR) is 67.9 cm³/mol. The van der Waals surface area contributed by atoms with E-state index in [1.165, 1.54) is 0 Å². The first-order valence-electron chi connectivity index (χ1n) is 5.40. The molecule has 0 aliphatic heterocycles. The minimum absolute atomic E-state index is 0.0593. The maximum atomic E-state index is 12.3. The lowest BCUT2D eigenvalue weighted by Gasteiger charge is -2.05. The van der Waals surface area contributed by atoms with Gasteiger partial charge in [-0.3, -0.25) is 14.5 Å². The molecule has 0 unspecified atom stereocenters. The quantitative estimate of drug-likeness (QED) is 0.815. The van der Waals surface area contributed by atoms with E-state index in [-0.39, 0.29) is 5.78 Å². The van der Waals surface area contributed by atoms with Crippen molar-refractivity contribution in [2.45, 2.75) is 19.9 Å². The van der Waals surface area contributed by atoms with E-state index >= 15 is 0 Å². The zero-order valence-corrected chi connectivity index (χ0v) is 11.0. The molecule has 0 N–H and O–H groups in total. The number of halogens is 1. The van der Waals surface area contributed by atoms with Gasteiger partial charge >= 0.3 is 0 Å². The van der Waals surface area contributed by atoms with Gasteiger partial charge in [-0.1, -0.05) is 6.92 Å². The fourth-order valence-corrected chi connectivity index (χ4v) is 2.08. The Morgan fingerprint density at radius 3 is 2.94 bits per heavy atom. The molecule has 0 amide bonds. The van der Waals surface area contributed by atoms with E-state index < -0.39 is 0 Å². The van der Waals surface area contributed by atoms with Crippen LogP contribution in [0.25, 0.3) is 0 Å². The summed E-state index contributed by atoms with van der Waals surface area (Å²) in [5.41, 5.74) is 1.16.